The molecule has 2 aliphatic rings. The molecule has 52 heavy (non-hydrogen) atoms. The molecule has 0 spiro atoms. The lowest BCUT2D eigenvalue weighted by atomic mass is 9.48. The summed E-state index contributed by atoms with van der Waals surface area (Å²) in [6, 6.07) is 67.7. The minimum Gasteiger partial charge on any atom is -0.376 e. The van der Waals surface area contributed by atoms with Gasteiger partial charge in [-0.3, -0.25) is 0 Å². The van der Waals surface area contributed by atoms with Crippen LogP contribution in [0.1, 0.15) is 5.56 Å². The van der Waals surface area contributed by atoms with Crippen molar-refractivity contribution >= 4 is 29.8 Å². The first-order valence-corrected chi connectivity index (χ1v) is 17.9. The molecule has 0 aliphatic carbocycles. The van der Waals surface area contributed by atoms with Crippen LogP contribution >= 0.6 is 0 Å². The van der Waals surface area contributed by atoms with Crippen molar-refractivity contribution in [3.05, 3.63) is 200 Å². The quantitative estimate of drug-likeness (QED) is 0.171. The molecule has 2 aliphatic heterocycles. The van der Waals surface area contributed by atoms with Gasteiger partial charge in [-0.05, 0) is 80.3 Å². The highest BCUT2D eigenvalue weighted by atomic mass is 15.1. The number of hydrogen-bond acceptors (Lipinski definition) is 2. The summed E-state index contributed by atoms with van der Waals surface area (Å²) in [6.07, 6.45) is 2.30. The van der Waals surface area contributed by atoms with E-state index in [2.05, 4.69) is 205 Å². The molecular formula is C49H33BN2. The molecule has 242 valence electrons. The first kappa shape index (κ1) is 30.1. The Kier molecular flexibility index (Phi) is 7.28. The lowest BCUT2D eigenvalue weighted by Crippen LogP contribution is -2.50. The van der Waals surface area contributed by atoms with Crippen molar-refractivity contribution in [3.8, 4) is 67.0 Å². The van der Waals surface area contributed by atoms with Crippen LogP contribution < -0.4 is 10.3 Å². The molecular weight excluding hydrogens is 627 g/mol. The van der Waals surface area contributed by atoms with Gasteiger partial charge in [0.15, 0.2) is 0 Å². The van der Waals surface area contributed by atoms with E-state index < -0.39 is 0 Å². The molecule has 0 fully saturated rings. The molecule has 2 nitrogen and oxygen atoms in total. The molecule has 0 unspecified atom stereocenters. The van der Waals surface area contributed by atoms with E-state index in [9.17, 15) is 0 Å². The normalized spacial score (nSPS) is 12.5. The molecule has 0 amide bonds. The van der Waals surface area contributed by atoms with Gasteiger partial charge in [-0.2, -0.15) is 0 Å². The van der Waals surface area contributed by atoms with Crippen molar-refractivity contribution in [1.29, 1.82) is 0 Å². The molecule has 0 atom stereocenters. The molecule has 7 aromatic carbocycles. The predicted octanol–water partition coefficient (Wildman–Crippen LogP) is 12.0. The highest BCUT2D eigenvalue weighted by Crippen LogP contribution is 2.48. The first-order chi connectivity index (χ1) is 25.8. The number of nitrogens with zero attached hydrogens (tertiary/aromatic N) is 2. The molecule has 0 bridgehead atoms. The molecule has 3 heteroatoms. The maximum atomic E-state index is 5.17. The van der Waals surface area contributed by atoms with E-state index in [0.717, 1.165) is 33.6 Å². The van der Waals surface area contributed by atoms with Crippen LogP contribution in [0.5, 0.6) is 0 Å². The van der Waals surface area contributed by atoms with E-state index in [1.165, 1.54) is 55.8 Å². The summed E-state index contributed by atoms with van der Waals surface area (Å²) < 4.78 is 0. The Hall–Kier alpha value is -6.71. The number of hydrogen-bond donors (Lipinski definition) is 0. The van der Waals surface area contributed by atoms with Gasteiger partial charge in [-0.25, -0.2) is 4.98 Å². The topological polar surface area (TPSA) is 16.1 Å². The number of anilines is 2. The second-order valence-corrected chi connectivity index (χ2v) is 13.5. The highest BCUT2D eigenvalue weighted by molar-refractivity contribution is 6.85. The molecule has 3 heterocycles. The molecule has 1 aromatic heterocycles. The fourth-order valence-electron chi connectivity index (χ4n) is 7.97. The van der Waals surface area contributed by atoms with Gasteiger partial charge in [0.25, 0.3) is 0 Å². The van der Waals surface area contributed by atoms with E-state index in [0.29, 0.717) is 0 Å². The maximum absolute atomic E-state index is 5.17. The van der Waals surface area contributed by atoms with Crippen LogP contribution in [0.2, 0.25) is 0 Å². The van der Waals surface area contributed by atoms with Gasteiger partial charge in [0.05, 0.1) is 11.4 Å². The lowest BCUT2D eigenvalue weighted by Gasteiger charge is -2.41. The lowest BCUT2D eigenvalue weighted by molar-refractivity contribution is 1.32. The second-order valence-electron chi connectivity index (χ2n) is 13.5. The van der Waals surface area contributed by atoms with Crippen LogP contribution in [-0.2, 0) is 0 Å². The summed E-state index contributed by atoms with van der Waals surface area (Å²) in [7, 11) is 0. The molecule has 0 saturated carbocycles. The van der Waals surface area contributed by atoms with E-state index in [4.69, 9.17) is 4.98 Å². The third-order valence-electron chi connectivity index (χ3n) is 10.4. The minimum atomic E-state index is 0.0240. The van der Waals surface area contributed by atoms with Crippen LogP contribution in [-0.4, -0.2) is 11.8 Å². The highest BCUT2D eigenvalue weighted by Gasteiger charge is 2.38. The third kappa shape index (κ3) is 5.18. The SMILES string of the molecule is C1=Cc2ccccc2N2B1c1cc(-c3ccccc3)cc(-c3ccccc3)c1-c1ccc(-c3cc(-c4ccccc4)nc(-c4ccccc4)c3)cc12. The Labute approximate surface area is 305 Å². The largest absolute Gasteiger partial charge is 0.376 e. The molecule has 0 saturated heterocycles. The third-order valence-corrected chi connectivity index (χ3v) is 10.4. The van der Waals surface area contributed by atoms with Crippen LogP contribution in [0.25, 0.3) is 73.1 Å². The summed E-state index contributed by atoms with van der Waals surface area (Å²) in [5.74, 6) is 2.38. The molecule has 10 rings (SSSR count). The monoisotopic (exact) mass is 660 g/mol. The number of para-hydroxylation sites is 1. The zero-order chi connectivity index (χ0) is 34.4. The van der Waals surface area contributed by atoms with Crippen molar-refractivity contribution in [2.75, 3.05) is 4.81 Å². The van der Waals surface area contributed by atoms with Gasteiger partial charge in [-0.15, -0.1) is 0 Å². The van der Waals surface area contributed by atoms with E-state index in [1.807, 2.05) is 0 Å². The Morgan fingerprint density at radius 3 is 1.60 bits per heavy atom. The van der Waals surface area contributed by atoms with E-state index in [1.54, 1.807) is 0 Å². The molecule has 0 radical (unpaired) electrons. The van der Waals surface area contributed by atoms with Crippen molar-refractivity contribution < 1.29 is 0 Å². The summed E-state index contributed by atoms with van der Waals surface area (Å²) >= 11 is 0. The van der Waals surface area contributed by atoms with Crippen LogP contribution in [0.4, 0.5) is 11.4 Å². The zero-order valence-corrected chi connectivity index (χ0v) is 28.5. The van der Waals surface area contributed by atoms with Crippen molar-refractivity contribution in [2.24, 2.45) is 0 Å². The Morgan fingerprint density at radius 1 is 0.385 bits per heavy atom. The van der Waals surface area contributed by atoms with Gasteiger partial charge in [-0.1, -0.05) is 170 Å². The van der Waals surface area contributed by atoms with Crippen LogP contribution in [0, 0.1) is 0 Å². The van der Waals surface area contributed by atoms with Crippen molar-refractivity contribution in [3.63, 3.8) is 0 Å². The Morgan fingerprint density at radius 2 is 0.942 bits per heavy atom. The average molecular weight is 661 g/mol. The Bertz CT molecular complexity index is 2560. The minimum absolute atomic E-state index is 0.0240. The Balaban J connectivity index is 1.23. The summed E-state index contributed by atoms with van der Waals surface area (Å²) in [6.45, 7) is 0.0240. The molecule has 0 N–H and O–H groups in total. The van der Waals surface area contributed by atoms with Gasteiger partial charge < -0.3 is 4.81 Å². The summed E-state index contributed by atoms with van der Waals surface area (Å²) in [4.78, 5) is 7.72. The number of aromatic nitrogens is 1. The number of benzene rings is 7. The number of fused-ring (bicyclic) bond motifs is 8. The fraction of sp³-hybridized carbons (Fsp3) is 0. The fourth-order valence-corrected chi connectivity index (χ4v) is 7.97. The van der Waals surface area contributed by atoms with E-state index >= 15 is 0 Å². The number of pyridine rings is 1. The van der Waals surface area contributed by atoms with Crippen molar-refractivity contribution in [1.82, 2.24) is 4.98 Å². The number of rotatable bonds is 5. The average Bonchev–Trinajstić information content (AvgIpc) is 3.24. The van der Waals surface area contributed by atoms with Gasteiger partial charge in [0.1, 0.15) is 0 Å². The van der Waals surface area contributed by atoms with Gasteiger partial charge in [0.2, 0.25) is 0 Å². The van der Waals surface area contributed by atoms with E-state index in [-0.39, 0.29) is 6.85 Å². The van der Waals surface area contributed by atoms with Gasteiger partial charge >= 0.3 is 6.85 Å². The maximum Gasteiger partial charge on any atom is 0.321 e. The van der Waals surface area contributed by atoms with Crippen molar-refractivity contribution in [2.45, 2.75) is 0 Å². The standard InChI is InChI=1S/C49H33BN2/c1-5-15-34(16-6-1)40-29-43(35-17-7-2-8-18-35)49-42-26-25-39(33-48(42)52-47-24-14-13-23-38(47)27-28-50(52)44(49)30-40)41-31-45(36-19-9-3-10-20-36)51-46(32-41)37-21-11-4-12-22-37/h1-33H. The summed E-state index contributed by atoms with van der Waals surface area (Å²) in [5.41, 5.74) is 18.8. The zero-order valence-electron chi connectivity index (χ0n) is 28.5. The first-order valence-electron chi connectivity index (χ1n) is 17.9. The summed E-state index contributed by atoms with van der Waals surface area (Å²) in [5, 5.41) is 0. The second kappa shape index (κ2) is 12.6. The molecule has 8 aromatic rings. The smallest absolute Gasteiger partial charge is 0.321 e. The van der Waals surface area contributed by atoms with Gasteiger partial charge in [0, 0.05) is 28.1 Å². The van der Waals surface area contributed by atoms with Crippen LogP contribution in [0.3, 0.4) is 0 Å². The van der Waals surface area contributed by atoms with Crippen LogP contribution in [0.15, 0.2) is 194 Å². The predicted molar refractivity (Wildman–Crippen MR) is 220 cm³/mol.